The van der Waals surface area contributed by atoms with E-state index in [9.17, 15) is 4.79 Å². The van der Waals surface area contributed by atoms with E-state index in [1.807, 2.05) is 6.92 Å². The fraction of sp³-hybridized carbons (Fsp3) is 0.0909. The highest BCUT2D eigenvalue weighted by Crippen LogP contribution is 2.30. The van der Waals surface area contributed by atoms with Gasteiger partial charge in [-0.1, -0.05) is 6.07 Å². The number of amides is 1. The zero-order chi connectivity index (χ0) is 12.4. The SMILES string of the molecule is Cc1cc(Oc2c(N)cccc2C(N)=O)n[nH]1. The van der Waals surface area contributed by atoms with Gasteiger partial charge in [0, 0.05) is 11.8 Å². The fourth-order valence-corrected chi connectivity index (χ4v) is 1.41. The molecule has 6 heteroatoms. The minimum atomic E-state index is -0.598. The van der Waals surface area contributed by atoms with Crippen molar-refractivity contribution in [2.75, 3.05) is 5.73 Å². The molecular formula is C11H12N4O2. The van der Waals surface area contributed by atoms with Crippen LogP contribution in [0.15, 0.2) is 24.3 Å². The molecule has 1 aromatic carbocycles. The fourth-order valence-electron chi connectivity index (χ4n) is 1.41. The van der Waals surface area contributed by atoms with Crippen LogP contribution in [-0.2, 0) is 0 Å². The molecule has 0 unspecified atom stereocenters. The highest BCUT2D eigenvalue weighted by Gasteiger charge is 2.14. The number of hydrogen-bond acceptors (Lipinski definition) is 4. The maximum absolute atomic E-state index is 11.2. The Bertz CT molecular complexity index is 562. The third kappa shape index (κ3) is 2.20. The summed E-state index contributed by atoms with van der Waals surface area (Å²) in [4.78, 5) is 11.2. The Hall–Kier alpha value is -2.50. The van der Waals surface area contributed by atoms with E-state index < -0.39 is 5.91 Å². The number of nitrogens with one attached hydrogen (secondary N) is 1. The number of primary amides is 1. The number of carbonyl (C=O) groups is 1. The van der Waals surface area contributed by atoms with Crippen LogP contribution in [-0.4, -0.2) is 16.1 Å². The van der Waals surface area contributed by atoms with Gasteiger partial charge in [0.2, 0.25) is 5.88 Å². The summed E-state index contributed by atoms with van der Waals surface area (Å²) < 4.78 is 5.45. The van der Waals surface area contributed by atoms with Gasteiger partial charge < -0.3 is 16.2 Å². The molecule has 6 nitrogen and oxygen atoms in total. The van der Waals surface area contributed by atoms with E-state index in [2.05, 4.69) is 10.2 Å². The molecule has 0 spiro atoms. The molecule has 0 radical (unpaired) electrons. The molecule has 0 aliphatic heterocycles. The molecule has 1 aromatic heterocycles. The van der Waals surface area contributed by atoms with Gasteiger partial charge >= 0.3 is 0 Å². The molecule has 0 aliphatic carbocycles. The van der Waals surface area contributed by atoms with Gasteiger partial charge in [-0.05, 0) is 19.1 Å². The lowest BCUT2D eigenvalue weighted by Crippen LogP contribution is -2.13. The molecule has 0 bridgehead atoms. The molecule has 0 saturated heterocycles. The third-order valence-electron chi connectivity index (χ3n) is 2.20. The summed E-state index contributed by atoms with van der Waals surface area (Å²) in [5.74, 6) is -0.0334. The Morgan fingerprint density at radius 1 is 1.47 bits per heavy atom. The molecule has 88 valence electrons. The first-order valence-electron chi connectivity index (χ1n) is 4.96. The number of carbonyl (C=O) groups excluding carboxylic acids is 1. The van der Waals surface area contributed by atoms with Crippen molar-refractivity contribution in [3.63, 3.8) is 0 Å². The van der Waals surface area contributed by atoms with Crippen LogP contribution in [0.25, 0.3) is 0 Å². The Morgan fingerprint density at radius 3 is 2.82 bits per heavy atom. The quantitative estimate of drug-likeness (QED) is 0.691. The number of nitrogen functional groups attached to an aromatic ring is 1. The smallest absolute Gasteiger partial charge is 0.252 e. The maximum atomic E-state index is 11.2. The standard InChI is InChI=1S/C11H12N4O2/c1-6-5-9(15-14-6)17-10-7(11(13)16)3-2-4-8(10)12/h2-5H,12H2,1H3,(H2,13,16)(H,14,15). The number of H-pyrrole nitrogens is 1. The van der Waals surface area contributed by atoms with E-state index in [0.717, 1.165) is 5.69 Å². The number of hydrogen-bond donors (Lipinski definition) is 3. The van der Waals surface area contributed by atoms with Crippen molar-refractivity contribution in [1.82, 2.24) is 10.2 Å². The Labute approximate surface area is 97.6 Å². The van der Waals surface area contributed by atoms with E-state index in [1.54, 1.807) is 24.3 Å². The van der Waals surface area contributed by atoms with Crippen LogP contribution in [0.2, 0.25) is 0 Å². The molecule has 5 N–H and O–H groups in total. The third-order valence-corrected chi connectivity index (χ3v) is 2.20. The summed E-state index contributed by atoms with van der Waals surface area (Å²) in [7, 11) is 0. The lowest BCUT2D eigenvalue weighted by Gasteiger charge is -2.09. The molecule has 0 saturated carbocycles. The van der Waals surface area contributed by atoms with Gasteiger partial charge in [0.15, 0.2) is 5.75 Å². The molecule has 17 heavy (non-hydrogen) atoms. The highest BCUT2D eigenvalue weighted by atomic mass is 16.5. The lowest BCUT2D eigenvalue weighted by molar-refractivity contribution is 0.0998. The van der Waals surface area contributed by atoms with Crippen molar-refractivity contribution in [2.45, 2.75) is 6.92 Å². The number of benzene rings is 1. The number of para-hydroxylation sites is 1. The Balaban J connectivity index is 2.40. The molecule has 1 amide bonds. The van der Waals surface area contributed by atoms with Gasteiger partial charge in [-0.15, -0.1) is 5.10 Å². The van der Waals surface area contributed by atoms with E-state index in [4.69, 9.17) is 16.2 Å². The number of anilines is 1. The van der Waals surface area contributed by atoms with Crippen LogP contribution in [0.3, 0.4) is 0 Å². The number of ether oxygens (including phenoxy) is 1. The summed E-state index contributed by atoms with van der Waals surface area (Å²) in [5, 5.41) is 6.62. The number of aryl methyl sites for hydroxylation is 1. The van der Waals surface area contributed by atoms with Crippen molar-refractivity contribution in [3.05, 3.63) is 35.5 Å². The van der Waals surface area contributed by atoms with Gasteiger partial charge in [-0.2, -0.15) is 0 Å². The monoisotopic (exact) mass is 232 g/mol. The van der Waals surface area contributed by atoms with Gasteiger partial charge in [0.05, 0.1) is 11.3 Å². The Morgan fingerprint density at radius 2 is 2.24 bits per heavy atom. The zero-order valence-electron chi connectivity index (χ0n) is 9.23. The van der Waals surface area contributed by atoms with Crippen molar-refractivity contribution in [1.29, 1.82) is 0 Å². The average molecular weight is 232 g/mol. The van der Waals surface area contributed by atoms with E-state index in [-0.39, 0.29) is 11.3 Å². The van der Waals surface area contributed by atoms with Crippen LogP contribution in [0.4, 0.5) is 5.69 Å². The van der Waals surface area contributed by atoms with Gasteiger partial charge in [-0.25, -0.2) is 0 Å². The molecular weight excluding hydrogens is 220 g/mol. The second-order valence-corrected chi connectivity index (χ2v) is 3.58. The van der Waals surface area contributed by atoms with Gasteiger partial charge in [-0.3, -0.25) is 9.89 Å². The van der Waals surface area contributed by atoms with Crippen molar-refractivity contribution in [3.8, 4) is 11.6 Å². The summed E-state index contributed by atoms with van der Waals surface area (Å²) in [5.41, 5.74) is 12.4. The summed E-state index contributed by atoms with van der Waals surface area (Å²) in [6.45, 7) is 1.84. The first-order valence-corrected chi connectivity index (χ1v) is 4.96. The summed E-state index contributed by atoms with van der Waals surface area (Å²) >= 11 is 0. The topological polar surface area (TPSA) is 107 Å². The van der Waals surface area contributed by atoms with Gasteiger partial charge in [0.25, 0.3) is 5.91 Å². The summed E-state index contributed by atoms with van der Waals surface area (Å²) in [6.07, 6.45) is 0. The van der Waals surface area contributed by atoms with Crippen molar-refractivity contribution in [2.24, 2.45) is 5.73 Å². The van der Waals surface area contributed by atoms with Crippen LogP contribution < -0.4 is 16.2 Å². The van der Waals surface area contributed by atoms with Crippen molar-refractivity contribution < 1.29 is 9.53 Å². The molecule has 1 heterocycles. The predicted octanol–water partition coefficient (Wildman–Crippen LogP) is 1.19. The number of nitrogens with two attached hydrogens (primary N) is 2. The Kier molecular flexibility index (Phi) is 2.70. The first kappa shape index (κ1) is 11.0. The summed E-state index contributed by atoms with van der Waals surface area (Å²) in [6, 6.07) is 6.50. The number of rotatable bonds is 3. The molecule has 2 rings (SSSR count). The highest BCUT2D eigenvalue weighted by molar-refractivity contribution is 5.97. The minimum Gasteiger partial charge on any atom is -0.435 e. The van der Waals surface area contributed by atoms with Gasteiger partial charge in [0.1, 0.15) is 0 Å². The molecule has 2 aromatic rings. The van der Waals surface area contributed by atoms with Crippen LogP contribution >= 0.6 is 0 Å². The largest absolute Gasteiger partial charge is 0.435 e. The minimum absolute atomic E-state index is 0.227. The number of nitrogens with zero attached hydrogens (tertiary/aromatic N) is 1. The number of aromatic nitrogens is 2. The van der Waals surface area contributed by atoms with Crippen LogP contribution in [0.1, 0.15) is 16.1 Å². The van der Waals surface area contributed by atoms with E-state index in [1.165, 1.54) is 0 Å². The van der Waals surface area contributed by atoms with Crippen molar-refractivity contribution >= 4 is 11.6 Å². The molecule has 0 atom stereocenters. The molecule has 0 aliphatic rings. The zero-order valence-corrected chi connectivity index (χ0v) is 9.23. The maximum Gasteiger partial charge on any atom is 0.252 e. The van der Waals surface area contributed by atoms with E-state index >= 15 is 0 Å². The predicted molar refractivity (Wildman–Crippen MR) is 62.8 cm³/mol. The average Bonchev–Trinajstić information content (AvgIpc) is 2.67. The van der Waals surface area contributed by atoms with Crippen LogP contribution in [0.5, 0.6) is 11.6 Å². The first-order chi connectivity index (χ1) is 8.08. The molecule has 0 fully saturated rings. The van der Waals surface area contributed by atoms with E-state index in [0.29, 0.717) is 11.6 Å². The second kappa shape index (κ2) is 4.17. The second-order valence-electron chi connectivity index (χ2n) is 3.58. The number of aromatic amines is 1. The lowest BCUT2D eigenvalue weighted by atomic mass is 10.1. The van der Waals surface area contributed by atoms with Crippen LogP contribution in [0, 0.1) is 6.92 Å². The normalized spacial score (nSPS) is 10.2.